The van der Waals surface area contributed by atoms with Crippen molar-refractivity contribution in [3.8, 4) is 5.75 Å². The van der Waals surface area contributed by atoms with Crippen LogP contribution >= 0.6 is 11.6 Å². The molecule has 5 nitrogen and oxygen atoms in total. The van der Waals surface area contributed by atoms with Gasteiger partial charge in [-0.2, -0.15) is 0 Å². The van der Waals surface area contributed by atoms with Gasteiger partial charge in [0.25, 0.3) is 0 Å². The van der Waals surface area contributed by atoms with Crippen molar-refractivity contribution in [3.05, 3.63) is 28.8 Å². The Labute approximate surface area is 142 Å². The highest BCUT2D eigenvalue weighted by Crippen LogP contribution is 2.24. The third-order valence-corrected chi connectivity index (χ3v) is 4.44. The van der Waals surface area contributed by atoms with Crippen LogP contribution in [0.5, 0.6) is 5.75 Å². The first-order chi connectivity index (χ1) is 11.1. The minimum atomic E-state index is -0.171. The van der Waals surface area contributed by atoms with E-state index in [0.717, 1.165) is 31.2 Å². The lowest BCUT2D eigenvalue weighted by atomic mass is 9.87. The van der Waals surface area contributed by atoms with Crippen molar-refractivity contribution in [2.75, 3.05) is 13.2 Å². The molecular weight excluding hydrogens is 316 g/mol. The van der Waals surface area contributed by atoms with Crippen molar-refractivity contribution in [2.24, 2.45) is 5.92 Å². The molecule has 0 unspecified atom stereocenters. The van der Waals surface area contributed by atoms with Crippen molar-refractivity contribution in [2.45, 2.75) is 45.2 Å². The number of carbonyl (C=O) groups excluding carboxylic acids is 1. The molecule has 0 atom stereocenters. The molecule has 128 valence electrons. The van der Waals surface area contributed by atoms with E-state index in [4.69, 9.17) is 21.4 Å². The predicted octanol–water partition coefficient (Wildman–Crippen LogP) is 3.09. The van der Waals surface area contributed by atoms with Crippen LogP contribution in [0.3, 0.4) is 0 Å². The van der Waals surface area contributed by atoms with Crippen LogP contribution in [0.15, 0.2) is 18.2 Å². The van der Waals surface area contributed by atoms with Crippen LogP contribution in [0.1, 0.15) is 38.2 Å². The molecule has 1 aliphatic rings. The van der Waals surface area contributed by atoms with Crippen molar-refractivity contribution in [3.63, 3.8) is 0 Å². The zero-order valence-corrected chi connectivity index (χ0v) is 14.2. The fourth-order valence-corrected chi connectivity index (χ4v) is 3.03. The fourth-order valence-electron chi connectivity index (χ4n) is 2.87. The summed E-state index contributed by atoms with van der Waals surface area (Å²) in [6, 6.07) is 5.43. The van der Waals surface area contributed by atoms with E-state index >= 15 is 0 Å². The second-order valence-corrected chi connectivity index (χ2v) is 6.35. The molecule has 0 bridgehead atoms. The number of rotatable bonds is 6. The Morgan fingerprint density at radius 3 is 2.74 bits per heavy atom. The lowest BCUT2D eigenvalue weighted by molar-refractivity contribution is 0.174. The van der Waals surface area contributed by atoms with E-state index in [1.54, 1.807) is 12.1 Å². The molecule has 2 amide bonds. The quantitative estimate of drug-likeness (QED) is 0.745. The van der Waals surface area contributed by atoms with Crippen LogP contribution in [0.25, 0.3) is 0 Å². The Morgan fingerprint density at radius 2 is 2.09 bits per heavy atom. The van der Waals surface area contributed by atoms with Gasteiger partial charge >= 0.3 is 6.03 Å². The van der Waals surface area contributed by atoms with Gasteiger partial charge in [-0.05, 0) is 50.7 Å². The number of amides is 2. The van der Waals surface area contributed by atoms with Crippen LogP contribution in [-0.4, -0.2) is 30.4 Å². The molecule has 1 aliphatic carbocycles. The molecule has 1 saturated carbocycles. The Hall–Kier alpha value is -1.46. The average Bonchev–Trinajstić information content (AvgIpc) is 2.55. The summed E-state index contributed by atoms with van der Waals surface area (Å²) in [7, 11) is 0. The maximum Gasteiger partial charge on any atom is 0.315 e. The summed E-state index contributed by atoms with van der Waals surface area (Å²) in [5.41, 5.74) is 0.899. The summed E-state index contributed by atoms with van der Waals surface area (Å²) in [5, 5.41) is 15.6. The largest absolute Gasteiger partial charge is 0.493 e. The van der Waals surface area contributed by atoms with Gasteiger partial charge in [-0.25, -0.2) is 4.79 Å². The van der Waals surface area contributed by atoms with Gasteiger partial charge in [0.15, 0.2) is 0 Å². The average molecular weight is 341 g/mol. The number of urea groups is 1. The predicted molar refractivity (Wildman–Crippen MR) is 90.8 cm³/mol. The van der Waals surface area contributed by atoms with Gasteiger partial charge in [-0.3, -0.25) is 0 Å². The van der Waals surface area contributed by atoms with Crippen LogP contribution in [-0.2, 0) is 6.54 Å². The standard InChI is InChI=1S/C17H25ClN2O3/c1-2-23-16-9-14(18)6-5-13(16)10-19-17(22)20-15-7-3-12(11-21)4-8-15/h5-6,9,12,15,21H,2-4,7-8,10-11H2,1H3,(H2,19,20,22). The van der Waals surface area contributed by atoms with Gasteiger partial charge in [0.05, 0.1) is 6.61 Å². The molecule has 0 saturated heterocycles. The zero-order chi connectivity index (χ0) is 16.7. The minimum absolute atomic E-state index is 0.171. The fraction of sp³-hybridized carbons (Fsp3) is 0.588. The van der Waals surface area contributed by atoms with E-state index in [1.807, 2.05) is 13.0 Å². The maximum absolute atomic E-state index is 12.0. The second-order valence-electron chi connectivity index (χ2n) is 5.91. The highest BCUT2D eigenvalue weighted by molar-refractivity contribution is 6.30. The van der Waals surface area contributed by atoms with Gasteiger partial charge in [-0.15, -0.1) is 0 Å². The monoisotopic (exact) mass is 340 g/mol. The molecule has 0 aromatic heterocycles. The molecule has 23 heavy (non-hydrogen) atoms. The van der Waals surface area contributed by atoms with Crippen molar-refractivity contribution in [1.29, 1.82) is 0 Å². The summed E-state index contributed by atoms with van der Waals surface area (Å²) in [6.45, 7) is 3.10. The topological polar surface area (TPSA) is 70.6 Å². The van der Waals surface area contributed by atoms with Crippen molar-refractivity contribution < 1.29 is 14.6 Å². The third kappa shape index (κ3) is 5.59. The third-order valence-electron chi connectivity index (χ3n) is 4.21. The van der Waals surface area contributed by atoms with Gasteiger partial charge in [0, 0.05) is 29.8 Å². The summed E-state index contributed by atoms with van der Waals surface area (Å²) in [6.07, 6.45) is 3.77. The van der Waals surface area contributed by atoms with Crippen molar-refractivity contribution in [1.82, 2.24) is 10.6 Å². The first-order valence-electron chi connectivity index (χ1n) is 8.18. The molecule has 0 radical (unpaired) electrons. The first kappa shape index (κ1) is 17.9. The highest BCUT2D eigenvalue weighted by Gasteiger charge is 2.21. The lowest BCUT2D eigenvalue weighted by Crippen LogP contribution is -2.43. The van der Waals surface area contributed by atoms with Gasteiger partial charge < -0.3 is 20.5 Å². The Balaban J connectivity index is 1.80. The minimum Gasteiger partial charge on any atom is -0.493 e. The molecule has 0 aliphatic heterocycles. The summed E-state index contributed by atoms with van der Waals surface area (Å²) >= 11 is 5.97. The SMILES string of the molecule is CCOc1cc(Cl)ccc1CNC(=O)NC1CCC(CO)CC1. The van der Waals surface area contributed by atoms with Crippen LogP contribution in [0.4, 0.5) is 4.79 Å². The number of halogens is 1. The summed E-state index contributed by atoms with van der Waals surface area (Å²) in [4.78, 5) is 12.0. The molecule has 3 N–H and O–H groups in total. The number of benzene rings is 1. The highest BCUT2D eigenvalue weighted by atomic mass is 35.5. The molecule has 1 aromatic carbocycles. The number of aliphatic hydroxyl groups is 1. The Kier molecular flexibility index (Phi) is 6.99. The molecule has 6 heteroatoms. The summed E-state index contributed by atoms with van der Waals surface area (Å²) < 4.78 is 5.54. The van der Waals surface area contributed by atoms with Crippen LogP contribution in [0, 0.1) is 5.92 Å². The zero-order valence-electron chi connectivity index (χ0n) is 13.5. The number of ether oxygens (including phenoxy) is 1. The van der Waals surface area contributed by atoms with E-state index < -0.39 is 0 Å². The molecular formula is C17H25ClN2O3. The van der Waals surface area contributed by atoms with E-state index in [-0.39, 0.29) is 18.7 Å². The van der Waals surface area contributed by atoms with E-state index in [1.165, 1.54) is 0 Å². The summed E-state index contributed by atoms with van der Waals surface area (Å²) in [5.74, 6) is 1.09. The Bertz CT molecular complexity index is 517. The van der Waals surface area contributed by atoms with Gasteiger partial charge in [0.1, 0.15) is 5.75 Å². The lowest BCUT2D eigenvalue weighted by Gasteiger charge is -2.28. The number of hydrogen-bond donors (Lipinski definition) is 3. The van der Waals surface area contributed by atoms with E-state index in [0.29, 0.717) is 29.8 Å². The molecule has 0 heterocycles. The van der Waals surface area contributed by atoms with Crippen molar-refractivity contribution >= 4 is 17.6 Å². The van der Waals surface area contributed by atoms with Crippen LogP contribution < -0.4 is 15.4 Å². The molecule has 1 aromatic rings. The Morgan fingerprint density at radius 1 is 1.35 bits per heavy atom. The molecule has 0 spiro atoms. The van der Waals surface area contributed by atoms with E-state index in [9.17, 15) is 4.79 Å². The van der Waals surface area contributed by atoms with Crippen LogP contribution in [0.2, 0.25) is 5.02 Å². The number of hydrogen-bond acceptors (Lipinski definition) is 3. The smallest absolute Gasteiger partial charge is 0.315 e. The van der Waals surface area contributed by atoms with Gasteiger partial charge in [0.2, 0.25) is 0 Å². The van der Waals surface area contributed by atoms with Gasteiger partial charge in [-0.1, -0.05) is 17.7 Å². The number of nitrogens with one attached hydrogen (secondary N) is 2. The van der Waals surface area contributed by atoms with E-state index in [2.05, 4.69) is 10.6 Å². The molecule has 1 fully saturated rings. The molecule has 2 rings (SSSR count). The maximum atomic E-state index is 12.0. The number of aliphatic hydroxyl groups excluding tert-OH is 1. The number of carbonyl (C=O) groups is 1. The first-order valence-corrected chi connectivity index (χ1v) is 8.56. The normalized spacial score (nSPS) is 20.8. The second kappa shape index (κ2) is 8.99.